The minimum Gasteiger partial charge on any atom is -0.373 e. The molecule has 0 radical (unpaired) electrons. The Hall–Kier alpha value is -0.820. The van der Waals surface area contributed by atoms with Crippen molar-refractivity contribution in [3.63, 3.8) is 0 Å². The summed E-state index contributed by atoms with van der Waals surface area (Å²) in [5.41, 5.74) is 1.33. The van der Waals surface area contributed by atoms with E-state index in [-0.39, 0.29) is 0 Å². The van der Waals surface area contributed by atoms with E-state index in [1.54, 1.807) is 0 Å². The van der Waals surface area contributed by atoms with Crippen LogP contribution in [-0.4, -0.2) is 6.61 Å². The zero-order valence-corrected chi connectivity index (χ0v) is 8.94. The first kappa shape index (κ1) is 9.72. The summed E-state index contributed by atoms with van der Waals surface area (Å²) in [4.78, 5) is 0. The van der Waals surface area contributed by atoms with Crippen molar-refractivity contribution in [3.05, 3.63) is 35.9 Å². The van der Waals surface area contributed by atoms with Crippen LogP contribution in [0.5, 0.6) is 0 Å². The van der Waals surface area contributed by atoms with Crippen LogP contribution >= 0.6 is 0 Å². The van der Waals surface area contributed by atoms with E-state index in [1.165, 1.54) is 12.0 Å². The van der Waals surface area contributed by atoms with Crippen LogP contribution in [0.4, 0.5) is 0 Å². The van der Waals surface area contributed by atoms with Gasteiger partial charge in [-0.1, -0.05) is 44.2 Å². The minimum absolute atomic E-state index is 0.337. The van der Waals surface area contributed by atoms with Crippen molar-refractivity contribution >= 4 is 0 Å². The van der Waals surface area contributed by atoms with Crippen molar-refractivity contribution in [1.82, 2.24) is 0 Å². The van der Waals surface area contributed by atoms with Crippen LogP contribution in [-0.2, 0) is 4.74 Å². The summed E-state index contributed by atoms with van der Waals surface area (Å²) in [5, 5.41) is 0. The highest BCUT2D eigenvalue weighted by molar-refractivity contribution is 5.18. The van der Waals surface area contributed by atoms with E-state index in [2.05, 4.69) is 44.2 Å². The largest absolute Gasteiger partial charge is 0.373 e. The van der Waals surface area contributed by atoms with Gasteiger partial charge in [-0.05, 0) is 23.8 Å². The predicted molar refractivity (Wildman–Crippen MR) is 58.1 cm³/mol. The van der Waals surface area contributed by atoms with Crippen molar-refractivity contribution in [1.29, 1.82) is 0 Å². The Labute approximate surface area is 86.1 Å². The Morgan fingerprint density at radius 2 is 1.93 bits per heavy atom. The molecule has 0 unspecified atom stereocenters. The molecule has 1 saturated heterocycles. The third kappa shape index (κ3) is 1.98. The molecular formula is C13H18O. The number of hydrogen-bond acceptors (Lipinski definition) is 1. The number of hydrogen-bond donors (Lipinski definition) is 0. The Bertz CT molecular complexity index is 279. The van der Waals surface area contributed by atoms with Gasteiger partial charge in [0.05, 0.1) is 12.7 Å². The van der Waals surface area contributed by atoms with Crippen LogP contribution in [0.2, 0.25) is 0 Å². The summed E-state index contributed by atoms with van der Waals surface area (Å²) in [6, 6.07) is 10.5. The van der Waals surface area contributed by atoms with Crippen LogP contribution in [0.15, 0.2) is 30.3 Å². The molecule has 1 nitrogen and oxygen atoms in total. The summed E-state index contributed by atoms with van der Waals surface area (Å²) < 4.78 is 5.81. The number of ether oxygens (including phenoxy) is 1. The quantitative estimate of drug-likeness (QED) is 0.694. The van der Waals surface area contributed by atoms with Crippen LogP contribution in [0.1, 0.15) is 31.9 Å². The molecular weight excluding hydrogens is 172 g/mol. The van der Waals surface area contributed by atoms with Gasteiger partial charge in [0.2, 0.25) is 0 Å². The van der Waals surface area contributed by atoms with E-state index in [4.69, 9.17) is 4.74 Å². The average molecular weight is 190 g/mol. The van der Waals surface area contributed by atoms with Gasteiger partial charge >= 0.3 is 0 Å². The highest BCUT2D eigenvalue weighted by Gasteiger charge is 2.28. The Balaban J connectivity index is 2.03. The maximum absolute atomic E-state index is 5.81. The molecule has 1 aromatic rings. The van der Waals surface area contributed by atoms with Gasteiger partial charge in [-0.2, -0.15) is 0 Å². The molecule has 0 saturated carbocycles. The topological polar surface area (TPSA) is 9.23 Å². The second-order valence-corrected chi connectivity index (χ2v) is 4.47. The average Bonchev–Trinajstić information content (AvgIpc) is 2.68. The predicted octanol–water partition coefficient (Wildman–Crippen LogP) is 3.42. The van der Waals surface area contributed by atoms with E-state index >= 15 is 0 Å². The second-order valence-electron chi connectivity index (χ2n) is 4.47. The molecule has 1 heterocycles. The molecule has 14 heavy (non-hydrogen) atoms. The molecule has 0 bridgehead atoms. The van der Waals surface area contributed by atoms with Gasteiger partial charge in [0, 0.05) is 0 Å². The smallest absolute Gasteiger partial charge is 0.0828 e. The third-order valence-corrected chi connectivity index (χ3v) is 3.14. The highest BCUT2D eigenvalue weighted by Crippen LogP contribution is 2.35. The Morgan fingerprint density at radius 3 is 2.50 bits per heavy atom. The molecule has 0 amide bonds. The molecule has 1 aliphatic rings. The third-order valence-electron chi connectivity index (χ3n) is 3.14. The first-order valence-electron chi connectivity index (χ1n) is 5.44. The lowest BCUT2D eigenvalue weighted by atomic mass is 9.91. The first-order chi connectivity index (χ1) is 6.77. The molecule has 0 spiro atoms. The minimum atomic E-state index is 0.337. The Kier molecular flexibility index (Phi) is 2.87. The zero-order chi connectivity index (χ0) is 9.97. The van der Waals surface area contributed by atoms with Crippen molar-refractivity contribution in [2.24, 2.45) is 11.8 Å². The summed E-state index contributed by atoms with van der Waals surface area (Å²) in [7, 11) is 0. The summed E-state index contributed by atoms with van der Waals surface area (Å²) >= 11 is 0. The van der Waals surface area contributed by atoms with Crippen molar-refractivity contribution in [2.45, 2.75) is 26.4 Å². The fraction of sp³-hybridized carbons (Fsp3) is 0.538. The van der Waals surface area contributed by atoms with Gasteiger partial charge in [0.15, 0.2) is 0 Å². The molecule has 2 rings (SSSR count). The number of benzene rings is 1. The fourth-order valence-electron chi connectivity index (χ4n) is 2.02. The maximum Gasteiger partial charge on any atom is 0.0828 e. The molecule has 1 heteroatoms. The molecule has 76 valence electrons. The number of rotatable bonds is 2. The summed E-state index contributed by atoms with van der Waals surface area (Å²) in [5.74, 6) is 1.48. The molecule has 0 aliphatic carbocycles. The van der Waals surface area contributed by atoms with Crippen LogP contribution in [0.25, 0.3) is 0 Å². The zero-order valence-electron chi connectivity index (χ0n) is 8.94. The lowest BCUT2D eigenvalue weighted by Gasteiger charge is -2.12. The van der Waals surface area contributed by atoms with E-state index in [0.29, 0.717) is 6.10 Å². The molecule has 1 aliphatic heterocycles. The van der Waals surface area contributed by atoms with Crippen molar-refractivity contribution in [2.75, 3.05) is 6.61 Å². The van der Waals surface area contributed by atoms with Gasteiger partial charge in [-0.3, -0.25) is 0 Å². The van der Waals surface area contributed by atoms with Gasteiger partial charge in [-0.25, -0.2) is 0 Å². The molecule has 1 fully saturated rings. The lowest BCUT2D eigenvalue weighted by Crippen LogP contribution is -2.07. The fourth-order valence-corrected chi connectivity index (χ4v) is 2.02. The molecule has 0 aromatic heterocycles. The van der Waals surface area contributed by atoms with E-state index in [9.17, 15) is 0 Å². The highest BCUT2D eigenvalue weighted by atomic mass is 16.5. The van der Waals surface area contributed by atoms with Gasteiger partial charge in [0.25, 0.3) is 0 Å². The maximum atomic E-state index is 5.81. The van der Waals surface area contributed by atoms with E-state index < -0.39 is 0 Å². The Morgan fingerprint density at radius 1 is 1.21 bits per heavy atom. The van der Waals surface area contributed by atoms with Crippen molar-refractivity contribution < 1.29 is 4.74 Å². The summed E-state index contributed by atoms with van der Waals surface area (Å²) in [6.07, 6.45) is 1.52. The van der Waals surface area contributed by atoms with E-state index in [1.807, 2.05) is 0 Å². The summed E-state index contributed by atoms with van der Waals surface area (Å²) in [6.45, 7) is 5.49. The van der Waals surface area contributed by atoms with Crippen LogP contribution in [0, 0.1) is 11.8 Å². The monoisotopic (exact) mass is 190 g/mol. The lowest BCUT2D eigenvalue weighted by molar-refractivity contribution is 0.104. The van der Waals surface area contributed by atoms with Crippen LogP contribution < -0.4 is 0 Å². The van der Waals surface area contributed by atoms with Gasteiger partial charge in [0.1, 0.15) is 0 Å². The van der Waals surface area contributed by atoms with E-state index in [0.717, 1.165) is 18.4 Å². The van der Waals surface area contributed by atoms with Crippen LogP contribution in [0.3, 0.4) is 0 Å². The first-order valence-corrected chi connectivity index (χ1v) is 5.44. The second kappa shape index (κ2) is 4.14. The normalized spacial score (nSPS) is 27.1. The SMILES string of the molecule is CC(C)[C@@H]1CO[C@@H](c2ccccc2)C1. The van der Waals surface area contributed by atoms with Gasteiger partial charge in [-0.15, -0.1) is 0 Å². The van der Waals surface area contributed by atoms with Crippen molar-refractivity contribution in [3.8, 4) is 0 Å². The molecule has 1 aromatic carbocycles. The standard InChI is InChI=1S/C13H18O/c1-10(2)12-8-13(14-9-12)11-6-4-3-5-7-11/h3-7,10,12-13H,8-9H2,1-2H3/t12-,13+/m0/s1. The van der Waals surface area contributed by atoms with Gasteiger partial charge < -0.3 is 4.74 Å². The molecule has 0 N–H and O–H groups in total. The molecule has 2 atom stereocenters.